The molecule has 0 aromatic heterocycles. The molecule has 0 saturated heterocycles. The van der Waals surface area contributed by atoms with Crippen LogP contribution in [0.2, 0.25) is 0 Å². The Hall–Kier alpha value is -1.26. The van der Waals surface area contributed by atoms with Gasteiger partial charge in [-0.25, -0.2) is 4.79 Å². The van der Waals surface area contributed by atoms with Gasteiger partial charge in [0.25, 0.3) is 0 Å². The number of carbonyl (C=O) groups is 1. The molecule has 0 radical (unpaired) electrons. The van der Waals surface area contributed by atoms with E-state index in [4.69, 9.17) is 5.11 Å². The number of quaternary nitrogens is 1. The Labute approximate surface area is 137 Å². The molecule has 0 rings (SSSR count). The summed E-state index contributed by atoms with van der Waals surface area (Å²) in [6, 6.07) is 0. The Morgan fingerprint density at radius 2 is 0.808 bits per heavy atom. The quantitative estimate of drug-likeness (QED) is 0.421. The van der Waals surface area contributed by atoms with Crippen LogP contribution in [0.1, 0.15) is 0 Å². The van der Waals surface area contributed by atoms with Gasteiger partial charge in [0, 0.05) is 0 Å². The van der Waals surface area contributed by atoms with Gasteiger partial charge in [0.15, 0.2) is 0 Å². The van der Waals surface area contributed by atoms with Gasteiger partial charge >= 0.3 is 46.9 Å². The predicted molar refractivity (Wildman–Crippen MR) is 54.1 cm³/mol. The van der Waals surface area contributed by atoms with E-state index in [1.54, 1.807) is 0 Å². The van der Waals surface area contributed by atoms with Crippen LogP contribution >= 0.6 is 11.6 Å². The Bertz CT molecular complexity index is 542. The van der Waals surface area contributed by atoms with Crippen LogP contribution in [-0.2, 0) is 4.79 Å². The molecule has 0 heterocycles. The second-order valence-corrected chi connectivity index (χ2v) is 4.72. The first-order valence-electron chi connectivity index (χ1n) is 5.01. The van der Waals surface area contributed by atoms with Gasteiger partial charge in [0.05, 0.1) is 0 Å². The Balaban J connectivity index is 0. The van der Waals surface area contributed by atoms with Crippen molar-refractivity contribution in [2.75, 3.05) is 0 Å². The molecule has 158 valence electrons. The summed E-state index contributed by atoms with van der Waals surface area (Å²) in [5.74, 6) is -51.7. The summed E-state index contributed by atoms with van der Waals surface area (Å²) in [6.45, 7) is 0. The van der Waals surface area contributed by atoms with E-state index in [2.05, 4.69) is 11.6 Å². The molecule has 0 bridgehead atoms. The highest BCUT2D eigenvalue weighted by Gasteiger charge is 2.93. The van der Waals surface area contributed by atoms with Crippen LogP contribution in [0.5, 0.6) is 0 Å². The van der Waals surface area contributed by atoms with Crippen molar-refractivity contribution in [2.24, 2.45) is 0 Å². The molecule has 0 amide bonds. The van der Waals surface area contributed by atoms with Crippen molar-refractivity contribution in [1.82, 2.24) is 6.15 Å². The molecule has 0 aliphatic rings. The van der Waals surface area contributed by atoms with E-state index < -0.39 is 46.9 Å². The number of carboxylic acids is 1. The number of hydrogen-bond donors (Lipinski definition) is 2. The molecule has 18 heteroatoms. The third kappa shape index (κ3) is 3.11. The minimum Gasteiger partial charge on any atom is -0.477 e. The van der Waals surface area contributed by atoms with Crippen molar-refractivity contribution in [3.63, 3.8) is 0 Å². The standard InChI is InChI=1S/C8HClF14O2.H3N/c9-8(22,23)7(20,21)6(18,19)5(16,17)4(14,15)3(12,13)2(10,11)1(24)25;/h(H,24,25);1H3/p+1. The molecule has 0 fully saturated rings. The van der Waals surface area contributed by atoms with Crippen molar-refractivity contribution in [1.29, 1.82) is 0 Å². The zero-order chi connectivity index (χ0) is 21.1. The fraction of sp³-hybridized carbons (Fsp3) is 0.875. The summed E-state index contributed by atoms with van der Waals surface area (Å²) < 4.78 is 177. The molecule has 0 atom stereocenters. The van der Waals surface area contributed by atoms with Gasteiger partial charge in [0.1, 0.15) is 0 Å². The summed E-state index contributed by atoms with van der Waals surface area (Å²) in [5.41, 5.74) is 0. The maximum absolute atomic E-state index is 12.9. The third-order valence-electron chi connectivity index (χ3n) is 2.60. The third-order valence-corrected chi connectivity index (χ3v) is 2.83. The van der Waals surface area contributed by atoms with E-state index in [9.17, 15) is 66.3 Å². The first kappa shape index (κ1) is 27.0. The van der Waals surface area contributed by atoms with E-state index in [-0.39, 0.29) is 6.15 Å². The Morgan fingerprint density at radius 3 is 1.04 bits per heavy atom. The van der Waals surface area contributed by atoms with Crippen LogP contribution in [0.3, 0.4) is 0 Å². The molecule has 5 N–H and O–H groups in total. The fourth-order valence-corrected chi connectivity index (χ4v) is 1.22. The Kier molecular flexibility index (Phi) is 6.65. The summed E-state index contributed by atoms with van der Waals surface area (Å²) >= 11 is 3.35. The predicted octanol–water partition coefficient (Wildman–Crippen LogP) is 5.09. The zero-order valence-electron chi connectivity index (χ0n) is 11.5. The number of aliphatic carboxylic acids is 1. The van der Waals surface area contributed by atoms with E-state index in [1.807, 2.05) is 0 Å². The van der Waals surface area contributed by atoms with E-state index in [1.165, 1.54) is 0 Å². The van der Waals surface area contributed by atoms with E-state index in [0.29, 0.717) is 0 Å². The van der Waals surface area contributed by atoms with Crippen LogP contribution in [0.4, 0.5) is 61.5 Å². The maximum atomic E-state index is 12.9. The lowest BCUT2D eigenvalue weighted by Gasteiger charge is -2.41. The topological polar surface area (TPSA) is 73.8 Å². The van der Waals surface area contributed by atoms with Gasteiger partial charge in [-0.1, -0.05) is 0 Å². The first-order valence-corrected chi connectivity index (χ1v) is 5.39. The van der Waals surface area contributed by atoms with Crippen LogP contribution in [-0.4, -0.2) is 52.0 Å². The second-order valence-electron chi connectivity index (χ2n) is 4.25. The van der Waals surface area contributed by atoms with Crippen molar-refractivity contribution >= 4 is 17.6 Å². The average Bonchev–Trinajstić information content (AvgIpc) is 2.35. The number of alkyl halides is 15. The van der Waals surface area contributed by atoms with Crippen LogP contribution in [0.25, 0.3) is 0 Å². The summed E-state index contributed by atoms with van der Waals surface area (Å²) in [6.07, 6.45) is 0. The van der Waals surface area contributed by atoms with Crippen molar-refractivity contribution in [2.45, 2.75) is 40.9 Å². The van der Waals surface area contributed by atoms with E-state index >= 15 is 0 Å². The molecule has 0 unspecified atom stereocenters. The molecule has 0 spiro atoms. The lowest BCUT2D eigenvalue weighted by Crippen LogP contribution is -2.73. The minimum atomic E-state index is -8.32. The Morgan fingerprint density at radius 1 is 0.577 bits per heavy atom. The molecular weight excluding hydrogens is 444 g/mol. The number of hydrogen-bond acceptors (Lipinski definition) is 1. The van der Waals surface area contributed by atoms with Crippen molar-refractivity contribution in [3.05, 3.63) is 0 Å². The first-order chi connectivity index (χ1) is 10.4. The van der Waals surface area contributed by atoms with Gasteiger partial charge < -0.3 is 11.3 Å². The van der Waals surface area contributed by atoms with E-state index in [0.717, 1.165) is 0 Å². The molecule has 0 aliphatic carbocycles. The SMILES string of the molecule is O=C(O)C(F)(F)C(F)(F)C(F)(F)C(F)(F)C(F)(F)C(F)(F)C(F)(F)Cl.[NH4+]. The van der Waals surface area contributed by atoms with Gasteiger partial charge in [0.2, 0.25) is 0 Å². The number of carboxylic acid groups (broad SMARTS) is 1. The average molecular weight is 449 g/mol. The molecule has 26 heavy (non-hydrogen) atoms. The number of halogens is 15. The number of rotatable bonds is 7. The molecular formula is C8H5ClF14NO2+. The highest BCUT2D eigenvalue weighted by atomic mass is 35.5. The smallest absolute Gasteiger partial charge is 0.410 e. The lowest BCUT2D eigenvalue weighted by molar-refractivity contribution is -0.432. The molecule has 0 aromatic carbocycles. The summed E-state index contributed by atoms with van der Waals surface area (Å²) in [4.78, 5) is 9.76. The molecule has 0 aliphatic heterocycles. The minimum absolute atomic E-state index is 0. The molecule has 0 saturated carbocycles. The summed E-state index contributed by atoms with van der Waals surface area (Å²) in [5, 5.41) is 0.891. The highest BCUT2D eigenvalue weighted by molar-refractivity contribution is 6.22. The molecule has 0 aromatic rings. The monoisotopic (exact) mass is 448 g/mol. The van der Waals surface area contributed by atoms with Gasteiger partial charge in [-0.05, 0) is 11.6 Å². The lowest BCUT2D eigenvalue weighted by atomic mass is 9.91. The maximum Gasteiger partial charge on any atom is 0.410 e. The normalized spacial score (nSPS) is 15.5. The van der Waals surface area contributed by atoms with Gasteiger partial charge in [-0.15, -0.1) is 0 Å². The van der Waals surface area contributed by atoms with Crippen molar-refractivity contribution < 1.29 is 71.4 Å². The highest BCUT2D eigenvalue weighted by Crippen LogP contribution is 2.62. The molecule has 3 nitrogen and oxygen atoms in total. The largest absolute Gasteiger partial charge is 0.477 e. The van der Waals surface area contributed by atoms with Gasteiger partial charge in [-0.2, -0.15) is 61.5 Å². The fourth-order valence-electron chi connectivity index (χ4n) is 1.10. The van der Waals surface area contributed by atoms with Crippen molar-refractivity contribution in [3.8, 4) is 0 Å². The second kappa shape index (κ2) is 6.42. The van der Waals surface area contributed by atoms with Crippen LogP contribution in [0, 0.1) is 0 Å². The van der Waals surface area contributed by atoms with Gasteiger partial charge in [-0.3, -0.25) is 0 Å². The van der Waals surface area contributed by atoms with Crippen LogP contribution < -0.4 is 6.15 Å². The zero-order valence-corrected chi connectivity index (χ0v) is 12.3. The van der Waals surface area contributed by atoms with Crippen LogP contribution in [0.15, 0.2) is 0 Å². The summed E-state index contributed by atoms with van der Waals surface area (Å²) in [7, 11) is 0.